The van der Waals surface area contributed by atoms with Gasteiger partial charge in [-0.25, -0.2) is 4.79 Å². The van der Waals surface area contributed by atoms with E-state index in [-0.39, 0.29) is 11.8 Å². The standard InChI is InChI=1S/C30H43N3O4/c1-9-10-13-18-33(28(35)23(5)31-29(36)37-30(6,7)8)26(24-17-16-20(2)19-22(24)4)27(34)32-25-15-12-11-14-21(25)3/h11-12,14-17,19,23,26H,9-10,13,18H2,1-8H3,(H,31,36)(H,32,34). The van der Waals surface area contributed by atoms with Gasteiger partial charge in [-0.3, -0.25) is 9.59 Å². The van der Waals surface area contributed by atoms with Crippen LogP contribution in [0.25, 0.3) is 0 Å². The lowest BCUT2D eigenvalue weighted by Gasteiger charge is -2.34. The quantitative estimate of drug-likeness (QED) is 0.372. The molecule has 0 radical (unpaired) electrons. The van der Waals surface area contributed by atoms with Crippen molar-refractivity contribution in [2.24, 2.45) is 0 Å². The molecule has 0 aromatic heterocycles. The number of hydrogen-bond donors (Lipinski definition) is 2. The molecule has 2 aromatic rings. The number of ether oxygens (including phenoxy) is 1. The van der Waals surface area contributed by atoms with Gasteiger partial charge in [0.05, 0.1) is 0 Å². The number of rotatable bonds is 10. The SMILES string of the molecule is CCCCCN(C(=O)C(C)NC(=O)OC(C)(C)C)C(C(=O)Nc1ccccc1C)c1ccc(C)cc1C. The molecule has 0 spiro atoms. The Labute approximate surface area is 222 Å². The number of aryl methyl sites for hydroxylation is 3. The summed E-state index contributed by atoms with van der Waals surface area (Å²) in [4.78, 5) is 41.7. The van der Waals surface area contributed by atoms with Gasteiger partial charge in [-0.2, -0.15) is 0 Å². The van der Waals surface area contributed by atoms with Crippen molar-refractivity contribution in [1.29, 1.82) is 0 Å². The zero-order chi connectivity index (χ0) is 27.8. The average molecular weight is 510 g/mol. The van der Waals surface area contributed by atoms with E-state index in [1.54, 1.807) is 32.6 Å². The summed E-state index contributed by atoms with van der Waals surface area (Å²) >= 11 is 0. The van der Waals surface area contributed by atoms with Gasteiger partial charge in [-0.15, -0.1) is 0 Å². The molecule has 0 aliphatic rings. The van der Waals surface area contributed by atoms with E-state index in [4.69, 9.17) is 4.74 Å². The highest BCUT2D eigenvalue weighted by atomic mass is 16.6. The van der Waals surface area contributed by atoms with Crippen LogP contribution in [-0.4, -0.2) is 41.0 Å². The number of benzene rings is 2. The molecule has 0 saturated carbocycles. The van der Waals surface area contributed by atoms with Crippen LogP contribution in [0, 0.1) is 20.8 Å². The fourth-order valence-electron chi connectivity index (χ4n) is 4.19. The number of hydrogen-bond acceptors (Lipinski definition) is 4. The van der Waals surface area contributed by atoms with Crippen LogP contribution in [0.3, 0.4) is 0 Å². The highest BCUT2D eigenvalue weighted by Crippen LogP contribution is 2.29. The van der Waals surface area contributed by atoms with E-state index in [9.17, 15) is 14.4 Å². The summed E-state index contributed by atoms with van der Waals surface area (Å²) in [5, 5.41) is 5.69. The summed E-state index contributed by atoms with van der Waals surface area (Å²) in [6.45, 7) is 15.3. The third kappa shape index (κ3) is 8.92. The second kappa shape index (κ2) is 13.3. The van der Waals surface area contributed by atoms with E-state index < -0.39 is 23.8 Å². The molecule has 0 aliphatic carbocycles. The van der Waals surface area contributed by atoms with Gasteiger partial charge in [0.15, 0.2) is 0 Å². The van der Waals surface area contributed by atoms with E-state index in [1.807, 2.05) is 63.2 Å². The van der Waals surface area contributed by atoms with Crippen molar-refractivity contribution in [3.8, 4) is 0 Å². The van der Waals surface area contributed by atoms with Gasteiger partial charge in [-0.1, -0.05) is 61.7 Å². The first kappa shape index (κ1) is 29.9. The fraction of sp³-hybridized carbons (Fsp3) is 0.500. The molecule has 0 bridgehead atoms. The Hall–Kier alpha value is -3.35. The van der Waals surface area contributed by atoms with Crippen LogP contribution in [-0.2, 0) is 14.3 Å². The van der Waals surface area contributed by atoms with Gasteiger partial charge in [0.2, 0.25) is 5.91 Å². The molecule has 2 rings (SSSR count). The average Bonchev–Trinajstić information content (AvgIpc) is 2.79. The summed E-state index contributed by atoms with van der Waals surface area (Å²) in [7, 11) is 0. The number of para-hydroxylation sites is 1. The highest BCUT2D eigenvalue weighted by molar-refractivity contribution is 5.99. The lowest BCUT2D eigenvalue weighted by molar-refractivity contribution is -0.140. The second-order valence-electron chi connectivity index (χ2n) is 10.7. The van der Waals surface area contributed by atoms with Crippen molar-refractivity contribution in [1.82, 2.24) is 10.2 Å². The lowest BCUT2D eigenvalue weighted by Crippen LogP contribution is -2.51. The van der Waals surface area contributed by atoms with E-state index in [0.717, 1.165) is 41.5 Å². The van der Waals surface area contributed by atoms with Gasteiger partial charge in [-0.05, 0) is 77.6 Å². The summed E-state index contributed by atoms with van der Waals surface area (Å²) < 4.78 is 5.35. The fourth-order valence-corrected chi connectivity index (χ4v) is 4.19. The van der Waals surface area contributed by atoms with Crippen LogP contribution in [0.5, 0.6) is 0 Å². The molecular weight excluding hydrogens is 466 g/mol. The van der Waals surface area contributed by atoms with E-state index in [2.05, 4.69) is 17.6 Å². The van der Waals surface area contributed by atoms with Gasteiger partial charge in [0, 0.05) is 12.2 Å². The van der Waals surface area contributed by atoms with Crippen molar-refractivity contribution in [3.05, 3.63) is 64.7 Å². The number of carbonyl (C=O) groups is 3. The zero-order valence-electron chi connectivity index (χ0n) is 23.6. The molecule has 0 fully saturated rings. The van der Waals surface area contributed by atoms with E-state index in [1.165, 1.54) is 0 Å². The lowest BCUT2D eigenvalue weighted by atomic mass is 9.96. The Bertz CT molecular complexity index is 1090. The first-order valence-electron chi connectivity index (χ1n) is 13.1. The molecular formula is C30H43N3O4. The Morgan fingerprint density at radius 1 is 0.973 bits per heavy atom. The molecule has 0 saturated heterocycles. The number of nitrogens with one attached hydrogen (secondary N) is 2. The minimum absolute atomic E-state index is 0.296. The third-order valence-corrected chi connectivity index (χ3v) is 6.07. The largest absolute Gasteiger partial charge is 0.444 e. The monoisotopic (exact) mass is 509 g/mol. The van der Waals surface area contributed by atoms with Crippen LogP contribution in [0.2, 0.25) is 0 Å². The Morgan fingerprint density at radius 3 is 2.24 bits per heavy atom. The number of nitrogens with zero attached hydrogens (tertiary/aromatic N) is 1. The normalized spacial score (nSPS) is 12.9. The van der Waals surface area contributed by atoms with Crippen LogP contribution < -0.4 is 10.6 Å². The minimum Gasteiger partial charge on any atom is -0.444 e. The smallest absolute Gasteiger partial charge is 0.408 e. The van der Waals surface area contributed by atoms with Crippen molar-refractivity contribution in [2.75, 3.05) is 11.9 Å². The van der Waals surface area contributed by atoms with Crippen molar-refractivity contribution < 1.29 is 19.1 Å². The maximum atomic E-state index is 13.9. The first-order valence-corrected chi connectivity index (χ1v) is 13.1. The maximum absolute atomic E-state index is 13.9. The molecule has 202 valence electrons. The Kier molecular flexibility index (Phi) is 10.7. The van der Waals surface area contributed by atoms with E-state index in [0.29, 0.717) is 12.2 Å². The second-order valence-corrected chi connectivity index (χ2v) is 10.7. The molecule has 2 N–H and O–H groups in total. The van der Waals surface area contributed by atoms with Gasteiger partial charge in [0.1, 0.15) is 17.7 Å². The summed E-state index contributed by atoms with van der Waals surface area (Å²) in [5.41, 5.74) is 3.69. The maximum Gasteiger partial charge on any atom is 0.408 e. The summed E-state index contributed by atoms with van der Waals surface area (Å²) in [6.07, 6.45) is 1.95. The summed E-state index contributed by atoms with van der Waals surface area (Å²) in [5.74, 6) is -0.637. The number of unbranched alkanes of at least 4 members (excludes halogenated alkanes) is 2. The van der Waals surface area contributed by atoms with Gasteiger partial charge >= 0.3 is 6.09 Å². The Balaban J connectivity index is 2.49. The van der Waals surface area contributed by atoms with Gasteiger partial charge in [0.25, 0.3) is 5.91 Å². The summed E-state index contributed by atoms with van der Waals surface area (Å²) in [6, 6.07) is 11.7. The molecule has 7 heteroatoms. The van der Waals surface area contributed by atoms with Crippen molar-refractivity contribution >= 4 is 23.6 Å². The molecule has 0 aliphatic heterocycles. The molecule has 3 amide bonds. The molecule has 0 heterocycles. The predicted octanol–water partition coefficient (Wildman–Crippen LogP) is 6.22. The molecule has 2 atom stereocenters. The molecule has 7 nitrogen and oxygen atoms in total. The number of carbonyl (C=O) groups excluding carboxylic acids is 3. The van der Waals surface area contributed by atoms with Crippen LogP contribution in [0.15, 0.2) is 42.5 Å². The number of anilines is 1. The van der Waals surface area contributed by atoms with Crippen LogP contribution in [0.1, 0.15) is 82.2 Å². The first-order chi connectivity index (χ1) is 17.3. The highest BCUT2D eigenvalue weighted by Gasteiger charge is 2.35. The predicted molar refractivity (Wildman–Crippen MR) is 149 cm³/mol. The van der Waals surface area contributed by atoms with E-state index >= 15 is 0 Å². The molecule has 2 unspecified atom stereocenters. The van der Waals surface area contributed by atoms with Gasteiger partial charge < -0.3 is 20.3 Å². The topological polar surface area (TPSA) is 87.7 Å². The minimum atomic E-state index is -0.879. The molecule has 37 heavy (non-hydrogen) atoms. The Morgan fingerprint density at radius 2 is 1.65 bits per heavy atom. The van der Waals surface area contributed by atoms with Crippen molar-refractivity contribution in [2.45, 2.75) is 92.3 Å². The van der Waals surface area contributed by atoms with Crippen molar-refractivity contribution in [3.63, 3.8) is 0 Å². The number of amides is 3. The zero-order valence-corrected chi connectivity index (χ0v) is 23.6. The van der Waals surface area contributed by atoms with Crippen LogP contribution >= 0.6 is 0 Å². The van der Waals surface area contributed by atoms with Crippen LogP contribution in [0.4, 0.5) is 10.5 Å². The third-order valence-electron chi connectivity index (χ3n) is 6.07. The number of alkyl carbamates (subject to hydrolysis) is 1. The molecule has 2 aromatic carbocycles.